The van der Waals surface area contributed by atoms with Crippen LogP contribution in [0.1, 0.15) is 30.5 Å². The molecule has 1 aromatic carbocycles. The summed E-state index contributed by atoms with van der Waals surface area (Å²) in [4.78, 5) is 41.0. The van der Waals surface area contributed by atoms with Gasteiger partial charge >= 0.3 is 24.1 Å². The molecule has 0 aliphatic carbocycles. The zero-order valence-electron chi connectivity index (χ0n) is 17.4. The number of esters is 2. The molecule has 0 spiro atoms. The number of carboxylic acid groups (broad SMARTS) is 2. The predicted molar refractivity (Wildman–Crippen MR) is 110 cm³/mol. The van der Waals surface area contributed by atoms with Crippen LogP contribution in [0.15, 0.2) is 42.5 Å². The van der Waals surface area contributed by atoms with E-state index >= 15 is 0 Å². The van der Waals surface area contributed by atoms with E-state index in [0.717, 1.165) is 16.7 Å². The Balaban J connectivity index is 0. The van der Waals surface area contributed by atoms with Crippen LogP contribution in [0.2, 0.25) is 0 Å². The number of hydrogen-bond acceptors (Lipinski definition) is 6. The fraction of sp³-hybridized carbons (Fsp3) is 0.300. The highest BCUT2D eigenvalue weighted by atomic mass is 16.7. The number of carbonyl (C=O) groups excluding carboxylic acids is 2. The van der Waals surface area contributed by atoms with Gasteiger partial charge in [0.05, 0.1) is 0 Å². The van der Waals surface area contributed by atoms with E-state index in [2.05, 4.69) is 24.6 Å². The topological polar surface area (TPSA) is 179 Å². The molecule has 6 N–H and O–H groups in total. The second kappa shape index (κ2) is 14.2. The van der Waals surface area contributed by atoms with E-state index in [-0.39, 0.29) is 17.6 Å². The number of benzene rings is 1. The third kappa shape index (κ3) is 14.3. The van der Waals surface area contributed by atoms with Gasteiger partial charge in [0.1, 0.15) is 0 Å². The summed E-state index contributed by atoms with van der Waals surface area (Å²) in [6.45, 7) is 14.1. The molecule has 0 saturated heterocycles. The largest absolute Gasteiger partial charge is 0.465 e. The van der Waals surface area contributed by atoms with E-state index in [9.17, 15) is 9.59 Å². The minimum Gasteiger partial charge on any atom is -0.465 e. The highest BCUT2D eigenvalue weighted by Crippen LogP contribution is 2.17. The molecule has 1 aromatic rings. The first-order chi connectivity index (χ1) is 13.7. The molecule has 30 heavy (non-hydrogen) atoms. The van der Waals surface area contributed by atoms with Gasteiger partial charge < -0.3 is 31.2 Å². The van der Waals surface area contributed by atoms with Crippen LogP contribution in [-0.2, 0) is 25.5 Å². The Bertz CT molecular complexity index is 754. The van der Waals surface area contributed by atoms with Crippen LogP contribution in [0.3, 0.4) is 0 Å². The smallest absolute Gasteiger partial charge is 0.402 e. The number of hydrogen-bond donors (Lipinski definition) is 4. The standard InChI is InChI=1S/C18H22O4.2CH3NO2/c1-11(2)17(19)21-16(22-18(20)12(3)4)10-15-9-7-8-13(5)14(15)6;2*2-1(3)4/h7-9,16H,1,3,10H2,2,4-6H3;2*2H2,(H,3,4). The molecule has 0 heterocycles. The van der Waals surface area contributed by atoms with Gasteiger partial charge in [0.2, 0.25) is 0 Å². The molecule has 0 bridgehead atoms. The molecule has 0 aromatic heterocycles. The van der Waals surface area contributed by atoms with E-state index in [0.29, 0.717) is 0 Å². The Morgan fingerprint density at radius 1 is 0.933 bits per heavy atom. The van der Waals surface area contributed by atoms with Crippen LogP contribution in [-0.4, -0.2) is 40.6 Å². The number of aryl methyl sites for hydroxylation is 1. The van der Waals surface area contributed by atoms with Gasteiger partial charge in [-0.3, -0.25) is 0 Å². The monoisotopic (exact) mass is 424 g/mol. The number of nitrogens with two attached hydrogens (primary N) is 2. The summed E-state index contributed by atoms with van der Waals surface area (Å²) in [5.41, 5.74) is 11.7. The van der Waals surface area contributed by atoms with Crippen LogP contribution < -0.4 is 11.5 Å². The van der Waals surface area contributed by atoms with Crippen LogP contribution in [0, 0.1) is 13.8 Å². The Morgan fingerprint density at radius 3 is 1.63 bits per heavy atom. The lowest BCUT2D eigenvalue weighted by molar-refractivity contribution is -0.181. The first kappa shape index (κ1) is 28.4. The molecule has 10 nitrogen and oxygen atoms in total. The van der Waals surface area contributed by atoms with Crippen LogP contribution in [0.4, 0.5) is 9.59 Å². The fourth-order valence-corrected chi connectivity index (χ4v) is 1.76. The molecule has 0 fully saturated rings. The number of primary amides is 2. The summed E-state index contributed by atoms with van der Waals surface area (Å²) in [6.07, 6.45) is -3.39. The van der Waals surface area contributed by atoms with Gasteiger partial charge in [-0.25, -0.2) is 19.2 Å². The highest BCUT2D eigenvalue weighted by Gasteiger charge is 2.21. The molecule has 0 aliphatic rings. The zero-order valence-corrected chi connectivity index (χ0v) is 17.4. The first-order valence-corrected chi connectivity index (χ1v) is 8.43. The van der Waals surface area contributed by atoms with Gasteiger partial charge in [0.15, 0.2) is 0 Å². The third-order valence-electron chi connectivity index (χ3n) is 3.28. The maximum absolute atomic E-state index is 11.7. The average Bonchev–Trinajstić information content (AvgIpc) is 2.57. The van der Waals surface area contributed by atoms with E-state index in [1.165, 1.54) is 13.8 Å². The van der Waals surface area contributed by atoms with E-state index in [4.69, 9.17) is 29.3 Å². The molecule has 1 rings (SSSR count). The van der Waals surface area contributed by atoms with Gasteiger partial charge in [-0.2, -0.15) is 0 Å². The Hall–Kier alpha value is -3.82. The van der Waals surface area contributed by atoms with Crippen molar-refractivity contribution < 1.29 is 38.9 Å². The number of carbonyl (C=O) groups is 4. The first-order valence-electron chi connectivity index (χ1n) is 8.43. The van der Waals surface area contributed by atoms with Gasteiger partial charge in [-0.05, 0) is 44.4 Å². The highest BCUT2D eigenvalue weighted by molar-refractivity contribution is 5.88. The molecular formula is C20H28N2O8. The summed E-state index contributed by atoms with van der Waals surface area (Å²) in [6, 6.07) is 5.82. The van der Waals surface area contributed by atoms with Crippen molar-refractivity contribution in [3.05, 3.63) is 59.2 Å². The van der Waals surface area contributed by atoms with Gasteiger partial charge in [-0.15, -0.1) is 0 Å². The SMILES string of the molecule is C=C(C)C(=O)OC(Cc1cccc(C)c1C)OC(=O)C(=C)C.NC(=O)O.NC(=O)O. The van der Waals surface area contributed by atoms with E-state index in [1.807, 2.05) is 32.0 Å². The van der Waals surface area contributed by atoms with Crippen molar-refractivity contribution in [2.45, 2.75) is 40.4 Å². The lowest BCUT2D eigenvalue weighted by Gasteiger charge is -2.20. The molecule has 0 unspecified atom stereocenters. The number of ether oxygens (including phenoxy) is 2. The maximum atomic E-state index is 11.7. The molecule has 2 amide bonds. The van der Waals surface area contributed by atoms with Gasteiger partial charge in [0, 0.05) is 17.6 Å². The lowest BCUT2D eigenvalue weighted by atomic mass is 10.0. The molecule has 0 atom stereocenters. The molecule has 10 heteroatoms. The van der Waals surface area contributed by atoms with Crippen molar-refractivity contribution >= 4 is 24.1 Å². The molecule has 166 valence electrons. The quantitative estimate of drug-likeness (QED) is 0.305. The molecule has 0 radical (unpaired) electrons. The normalized spacial score (nSPS) is 9.10. The zero-order chi connectivity index (χ0) is 24.0. The van der Waals surface area contributed by atoms with Crippen molar-refractivity contribution in [1.82, 2.24) is 0 Å². The summed E-state index contributed by atoms with van der Waals surface area (Å²) in [5.74, 6) is -1.19. The molecule has 0 saturated carbocycles. The van der Waals surface area contributed by atoms with Crippen molar-refractivity contribution in [3.8, 4) is 0 Å². The second-order valence-electron chi connectivity index (χ2n) is 6.04. The average molecular weight is 424 g/mol. The third-order valence-corrected chi connectivity index (χ3v) is 3.28. The summed E-state index contributed by atoms with van der Waals surface area (Å²) >= 11 is 0. The number of amides is 2. The minimum atomic E-state index is -1.33. The summed E-state index contributed by atoms with van der Waals surface area (Å²) < 4.78 is 10.4. The molecular weight excluding hydrogens is 396 g/mol. The second-order valence-corrected chi connectivity index (χ2v) is 6.04. The fourth-order valence-electron chi connectivity index (χ4n) is 1.76. The Morgan fingerprint density at radius 2 is 1.30 bits per heavy atom. The van der Waals surface area contributed by atoms with Crippen molar-refractivity contribution in [2.75, 3.05) is 0 Å². The maximum Gasteiger partial charge on any atom is 0.402 e. The predicted octanol–water partition coefficient (Wildman–Crippen LogP) is 2.66. The Labute approximate surface area is 174 Å². The number of rotatable bonds is 6. The van der Waals surface area contributed by atoms with Crippen molar-refractivity contribution in [2.24, 2.45) is 11.5 Å². The van der Waals surface area contributed by atoms with Crippen LogP contribution in [0.5, 0.6) is 0 Å². The van der Waals surface area contributed by atoms with E-state index in [1.54, 1.807) is 0 Å². The summed E-state index contributed by atoms with van der Waals surface area (Å²) in [7, 11) is 0. The van der Waals surface area contributed by atoms with Crippen LogP contribution in [0.25, 0.3) is 0 Å². The Kier molecular flexibility index (Phi) is 13.5. The molecule has 0 aliphatic heterocycles. The van der Waals surface area contributed by atoms with Crippen molar-refractivity contribution in [3.63, 3.8) is 0 Å². The van der Waals surface area contributed by atoms with Gasteiger partial charge in [0.25, 0.3) is 6.29 Å². The van der Waals surface area contributed by atoms with Crippen molar-refractivity contribution in [1.29, 1.82) is 0 Å². The lowest BCUT2D eigenvalue weighted by Crippen LogP contribution is -2.27. The summed E-state index contributed by atoms with van der Waals surface area (Å²) in [5, 5.41) is 14.4. The van der Waals surface area contributed by atoms with Gasteiger partial charge in [-0.1, -0.05) is 31.4 Å². The van der Waals surface area contributed by atoms with E-state index < -0.39 is 30.4 Å². The minimum absolute atomic E-state index is 0.248. The van der Waals surface area contributed by atoms with Crippen LogP contribution >= 0.6 is 0 Å².